The summed E-state index contributed by atoms with van der Waals surface area (Å²) < 4.78 is 0. The number of nitrogens with one attached hydrogen (secondary N) is 4. The van der Waals surface area contributed by atoms with Crippen molar-refractivity contribution in [1.82, 2.24) is 20.9 Å². The van der Waals surface area contributed by atoms with Crippen LogP contribution in [0.25, 0.3) is 10.9 Å². The second-order valence-electron chi connectivity index (χ2n) is 10.4. The van der Waals surface area contributed by atoms with Crippen molar-refractivity contribution >= 4 is 58.3 Å². The van der Waals surface area contributed by atoms with E-state index in [1.165, 1.54) is 11.8 Å². The van der Waals surface area contributed by atoms with Crippen molar-refractivity contribution < 1.29 is 24.3 Å². The molecular formula is C28H45N11O5S. The maximum Gasteiger partial charge on any atom is 0.326 e. The Morgan fingerprint density at radius 2 is 1.38 bits per heavy atom. The molecule has 1 aromatic carbocycles. The third kappa shape index (κ3) is 12.9. The Labute approximate surface area is 265 Å². The Kier molecular flexibility index (Phi) is 15.5. The molecule has 16 nitrogen and oxygen atoms in total. The number of para-hydroxylation sites is 1. The van der Waals surface area contributed by atoms with Crippen LogP contribution in [-0.2, 0) is 25.6 Å². The molecule has 15 N–H and O–H groups in total. The highest BCUT2D eigenvalue weighted by atomic mass is 32.2. The fourth-order valence-electron chi connectivity index (χ4n) is 4.49. The zero-order valence-electron chi connectivity index (χ0n) is 25.3. The van der Waals surface area contributed by atoms with Gasteiger partial charge in [0.2, 0.25) is 17.7 Å². The van der Waals surface area contributed by atoms with E-state index >= 15 is 0 Å². The molecular weight excluding hydrogens is 602 g/mol. The number of aromatic nitrogens is 1. The molecule has 1 aromatic heterocycles. The monoisotopic (exact) mass is 647 g/mol. The normalized spacial score (nSPS) is 13.6. The smallest absolute Gasteiger partial charge is 0.326 e. The fourth-order valence-corrected chi connectivity index (χ4v) is 4.96. The molecule has 2 rings (SSSR count). The number of amides is 3. The van der Waals surface area contributed by atoms with Crippen LogP contribution in [0.2, 0.25) is 0 Å². The van der Waals surface area contributed by atoms with Gasteiger partial charge in [0.25, 0.3) is 0 Å². The molecule has 4 unspecified atom stereocenters. The van der Waals surface area contributed by atoms with E-state index in [2.05, 4.69) is 30.9 Å². The lowest BCUT2D eigenvalue weighted by Crippen LogP contribution is -2.57. The van der Waals surface area contributed by atoms with Crippen LogP contribution in [0.3, 0.4) is 0 Å². The molecule has 1 heterocycles. The number of guanidine groups is 2. The van der Waals surface area contributed by atoms with Gasteiger partial charge in [-0.2, -0.15) is 11.8 Å². The van der Waals surface area contributed by atoms with Crippen LogP contribution < -0.4 is 44.6 Å². The van der Waals surface area contributed by atoms with Crippen LogP contribution in [0.5, 0.6) is 0 Å². The maximum absolute atomic E-state index is 13.5. The lowest BCUT2D eigenvalue weighted by atomic mass is 10.0. The summed E-state index contributed by atoms with van der Waals surface area (Å²) in [4.78, 5) is 62.6. The fraction of sp³-hybridized carbons (Fsp3) is 0.500. The lowest BCUT2D eigenvalue weighted by molar-refractivity contribution is -0.142. The van der Waals surface area contributed by atoms with Crippen molar-refractivity contribution in [3.63, 3.8) is 0 Å². The molecule has 17 heteroatoms. The molecule has 0 aliphatic rings. The number of H-pyrrole nitrogens is 1. The average molecular weight is 648 g/mol. The van der Waals surface area contributed by atoms with Crippen LogP contribution in [0.4, 0.5) is 0 Å². The van der Waals surface area contributed by atoms with Crippen molar-refractivity contribution in [2.75, 3.05) is 25.1 Å². The molecule has 0 saturated heterocycles. The predicted molar refractivity (Wildman–Crippen MR) is 176 cm³/mol. The number of carboxylic acid groups (broad SMARTS) is 1. The van der Waals surface area contributed by atoms with Crippen molar-refractivity contribution in [1.29, 1.82) is 0 Å². The SMILES string of the molecule is CSCCC(NC(=O)C(N)Cc1c[nH]c2ccccc12)C(=O)NC(CCCN=C(N)N)C(=O)NC(CCCN=C(N)N)C(=O)O. The van der Waals surface area contributed by atoms with E-state index in [1.54, 1.807) is 6.20 Å². The number of carbonyl (C=O) groups excluding carboxylic acids is 3. The molecule has 45 heavy (non-hydrogen) atoms. The zero-order valence-corrected chi connectivity index (χ0v) is 26.1. The molecule has 4 atom stereocenters. The van der Waals surface area contributed by atoms with Gasteiger partial charge < -0.3 is 54.7 Å². The highest BCUT2D eigenvalue weighted by molar-refractivity contribution is 7.98. The van der Waals surface area contributed by atoms with Gasteiger partial charge >= 0.3 is 5.97 Å². The zero-order chi connectivity index (χ0) is 33.4. The number of carbonyl (C=O) groups is 4. The summed E-state index contributed by atoms with van der Waals surface area (Å²) in [6, 6.07) is 3.31. The minimum Gasteiger partial charge on any atom is -0.480 e. The van der Waals surface area contributed by atoms with E-state index < -0.39 is 47.9 Å². The Bertz CT molecular complexity index is 1340. The Balaban J connectivity index is 2.14. The molecule has 2 aromatic rings. The number of fused-ring (bicyclic) bond motifs is 1. The number of benzene rings is 1. The molecule has 0 fully saturated rings. The van der Waals surface area contributed by atoms with Gasteiger partial charge in [-0.05, 0) is 62.2 Å². The number of rotatable bonds is 20. The van der Waals surface area contributed by atoms with Crippen LogP contribution in [0.15, 0.2) is 40.4 Å². The minimum absolute atomic E-state index is 0.0489. The second-order valence-corrected chi connectivity index (χ2v) is 11.4. The highest BCUT2D eigenvalue weighted by Crippen LogP contribution is 2.19. The van der Waals surface area contributed by atoms with E-state index in [0.717, 1.165) is 16.5 Å². The number of carboxylic acids is 1. The maximum atomic E-state index is 13.5. The van der Waals surface area contributed by atoms with Crippen LogP contribution in [0.1, 0.15) is 37.7 Å². The van der Waals surface area contributed by atoms with E-state index in [9.17, 15) is 24.3 Å². The van der Waals surface area contributed by atoms with Gasteiger partial charge in [-0.3, -0.25) is 24.4 Å². The largest absolute Gasteiger partial charge is 0.480 e. The van der Waals surface area contributed by atoms with Crippen molar-refractivity contribution in [2.24, 2.45) is 38.7 Å². The summed E-state index contributed by atoms with van der Waals surface area (Å²) in [6.07, 6.45) is 4.90. The molecule has 0 radical (unpaired) electrons. The van der Waals surface area contributed by atoms with Crippen molar-refractivity contribution in [3.8, 4) is 0 Å². The van der Waals surface area contributed by atoms with E-state index in [0.29, 0.717) is 12.2 Å². The summed E-state index contributed by atoms with van der Waals surface area (Å²) >= 11 is 1.48. The first-order valence-electron chi connectivity index (χ1n) is 14.5. The quantitative estimate of drug-likeness (QED) is 0.0445. The number of nitrogens with two attached hydrogens (primary N) is 5. The number of thioether (sulfide) groups is 1. The number of hydrogen-bond acceptors (Lipinski definition) is 8. The Morgan fingerprint density at radius 1 is 0.844 bits per heavy atom. The molecule has 248 valence electrons. The van der Waals surface area contributed by atoms with Crippen molar-refractivity contribution in [2.45, 2.75) is 62.7 Å². The van der Waals surface area contributed by atoms with Crippen molar-refractivity contribution in [3.05, 3.63) is 36.0 Å². The number of nitrogens with zero attached hydrogens (tertiary/aromatic N) is 2. The van der Waals surface area contributed by atoms with Crippen LogP contribution in [-0.4, -0.2) is 95.0 Å². The van der Waals surface area contributed by atoms with E-state index in [1.807, 2.05) is 30.5 Å². The number of aromatic amines is 1. The van der Waals surface area contributed by atoms with Gasteiger partial charge in [-0.1, -0.05) is 18.2 Å². The number of aliphatic imine (C=N–C) groups is 2. The van der Waals surface area contributed by atoms with Gasteiger partial charge in [0.1, 0.15) is 18.1 Å². The predicted octanol–water partition coefficient (Wildman–Crippen LogP) is -1.56. The minimum atomic E-state index is -1.26. The average Bonchev–Trinajstić information content (AvgIpc) is 3.40. The highest BCUT2D eigenvalue weighted by Gasteiger charge is 2.30. The summed E-state index contributed by atoms with van der Waals surface area (Å²) in [5, 5.41) is 18.5. The van der Waals surface area contributed by atoms with Gasteiger partial charge in [-0.25, -0.2) is 4.79 Å². The second kappa shape index (κ2) is 19.0. The summed E-state index contributed by atoms with van der Waals surface area (Å²) in [5.41, 5.74) is 29.4. The van der Waals surface area contributed by atoms with E-state index in [-0.39, 0.29) is 57.1 Å². The lowest BCUT2D eigenvalue weighted by Gasteiger charge is -2.25. The Hall–Kier alpha value is -4.51. The van der Waals surface area contributed by atoms with E-state index in [4.69, 9.17) is 28.7 Å². The van der Waals surface area contributed by atoms with Crippen LogP contribution >= 0.6 is 11.8 Å². The summed E-state index contributed by atoms with van der Waals surface area (Å²) in [6.45, 7) is 0.359. The molecule has 0 saturated carbocycles. The number of aliphatic carboxylic acids is 1. The molecule has 0 bridgehead atoms. The number of hydrogen-bond donors (Lipinski definition) is 10. The molecule has 0 aliphatic heterocycles. The first-order valence-corrected chi connectivity index (χ1v) is 15.9. The first-order chi connectivity index (χ1) is 21.4. The third-order valence-corrected chi connectivity index (χ3v) is 7.48. The first kappa shape index (κ1) is 36.7. The summed E-state index contributed by atoms with van der Waals surface area (Å²) in [5.74, 6) is -2.83. The Morgan fingerprint density at radius 3 is 1.96 bits per heavy atom. The standard InChI is InChI=1S/C28H45N11O5S/c1-45-13-10-21(37-23(40)18(29)14-16-15-36-19-7-3-2-6-17(16)19)25(42)38-20(8-4-11-34-27(30)31)24(41)39-22(26(43)44)9-5-12-35-28(32)33/h2-3,6-7,15,18,20-22,36H,4-5,8-14,29H2,1H3,(H,37,40)(H,38,42)(H,39,41)(H,43,44)(H4,30,31,34)(H4,32,33,35). The molecule has 0 spiro atoms. The van der Waals surface area contributed by atoms with Crippen LogP contribution in [0, 0.1) is 0 Å². The van der Waals surface area contributed by atoms with Gasteiger partial charge in [0.15, 0.2) is 11.9 Å². The van der Waals surface area contributed by atoms with Gasteiger partial charge in [-0.15, -0.1) is 0 Å². The van der Waals surface area contributed by atoms with Gasteiger partial charge in [0.05, 0.1) is 6.04 Å². The summed E-state index contributed by atoms with van der Waals surface area (Å²) in [7, 11) is 0. The topological polar surface area (TPSA) is 295 Å². The molecule has 3 amide bonds. The molecule has 0 aliphatic carbocycles. The third-order valence-electron chi connectivity index (χ3n) is 6.83. The van der Waals surface area contributed by atoms with Gasteiger partial charge in [0, 0.05) is 30.2 Å².